The zero-order valence-corrected chi connectivity index (χ0v) is 13.8. The van der Waals surface area contributed by atoms with E-state index in [1.165, 1.54) is 6.07 Å². The van der Waals surface area contributed by atoms with Crippen molar-refractivity contribution >= 4 is 37.2 Å². The minimum absolute atomic E-state index is 0.143. The van der Waals surface area contributed by atoms with Crippen LogP contribution in [0.3, 0.4) is 0 Å². The zero-order valence-electron chi connectivity index (χ0n) is 11.4. The summed E-state index contributed by atoms with van der Waals surface area (Å²) in [6.07, 6.45) is -0.338. The number of likely N-dealkylation sites (tertiary alicyclic amines) is 1. The predicted molar refractivity (Wildman–Crippen MR) is 77.9 cm³/mol. The van der Waals surface area contributed by atoms with Crippen LogP contribution in [0.2, 0.25) is 0 Å². The first-order valence-corrected chi connectivity index (χ1v) is 9.21. The number of hydrogen-bond donors (Lipinski definition) is 0. The highest BCUT2D eigenvalue weighted by molar-refractivity contribution is 8.15. The van der Waals surface area contributed by atoms with Crippen LogP contribution in [0, 0.1) is 0 Å². The maximum atomic E-state index is 11.8. The molecule has 1 amide bonds. The van der Waals surface area contributed by atoms with Crippen molar-refractivity contribution in [3.05, 3.63) is 17.0 Å². The fraction of sp³-hybridized carbons (Fsp3) is 0.583. The van der Waals surface area contributed by atoms with E-state index in [0.29, 0.717) is 13.1 Å². The van der Waals surface area contributed by atoms with Crippen LogP contribution in [-0.4, -0.2) is 38.1 Å². The maximum Gasteiger partial charge on any atom is 0.410 e. The number of rotatable bonds is 2. The van der Waals surface area contributed by atoms with E-state index in [1.807, 2.05) is 20.8 Å². The van der Waals surface area contributed by atoms with E-state index >= 15 is 0 Å². The van der Waals surface area contributed by atoms with Gasteiger partial charge in [0.2, 0.25) is 0 Å². The van der Waals surface area contributed by atoms with Gasteiger partial charge in [0.15, 0.2) is 0 Å². The highest BCUT2D eigenvalue weighted by atomic mass is 35.7. The van der Waals surface area contributed by atoms with E-state index in [2.05, 4.69) is 0 Å². The van der Waals surface area contributed by atoms with Crippen LogP contribution in [-0.2, 0) is 13.8 Å². The summed E-state index contributed by atoms with van der Waals surface area (Å²) in [4.78, 5) is 14.3. The molecule has 0 saturated carbocycles. The fourth-order valence-electron chi connectivity index (χ4n) is 1.82. The van der Waals surface area contributed by atoms with E-state index in [4.69, 9.17) is 15.4 Å². The molecule has 5 nitrogen and oxygen atoms in total. The van der Waals surface area contributed by atoms with Crippen molar-refractivity contribution in [1.82, 2.24) is 4.90 Å². The molecule has 2 rings (SSSR count). The molecule has 1 aliphatic rings. The Kier molecular flexibility index (Phi) is 4.05. The molecule has 1 aromatic rings. The van der Waals surface area contributed by atoms with Gasteiger partial charge in [0.05, 0.1) is 0 Å². The highest BCUT2D eigenvalue weighted by Crippen LogP contribution is 2.35. The van der Waals surface area contributed by atoms with E-state index in [1.54, 1.807) is 11.0 Å². The van der Waals surface area contributed by atoms with E-state index < -0.39 is 14.7 Å². The molecule has 1 fully saturated rings. The second kappa shape index (κ2) is 5.20. The quantitative estimate of drug-likeness (QED) is 0.778. The van der Waals surface area contributed by atoms with Crippen LogP contribution in [0.15, 0.2) is 16.3 Å². The van der Waals surface area contributed by atoms with Gasteiger partial charge in [0.1, 0.15) is 9.81 Å². The van der Waals surface area contributed by atoms with Crippen LogP contribution in [0.5, 0.6) is 0 Å². The number of halogens is 1. The first-order chi connectivity index (χ1) is 9.06. The number of carbonyl (C=O) groups excluding carboxylic acids is 1. The molecule has 0 unspecified atom stereocenters. The summed E-state index contributed by atoms with van der Waals surface area (Å²) < 4.78 is 27.8. The summed E-state index contributed by atoms with van der Waals surface area (Å²) >= 11 is 1.15. The average molecular weight is 338 g/mol. The van der Waals surface area contributed by atoms with Gasteiger partial charge in [-0.2, -0.15) is 0 Å². The minimum atomic E-state index is -3.67. The predicted octanol–water partition coefficient (Wildman–Crippen LogP) is 3.01. The molecule has 20 heavy (non-hydrogen) atoms. The van der Waals surface area contributed by atoms with E-state index in [-0.39, 0.29) is 16.2 Å². The Morgan fingerprint density at radius 1 is 1.40 bits per heavy atom. The van der Waals surface area contributed by atoms with Gasteiger partial charge in [-0.25, -0.2) is 13.2 Å². The molecular weight excluding hydrogens is 322 g/mol. The number of ether oxygens (including phenoxy) is 1. The molecule has 0 atom stereocenters. The lowest BCUT2D eigenvalue weighted by atomic mass is 9.99. The van der Waals surface area contributed by atoms with Gasteiger partial charge in [0.25, 0.3) is 9.05 Å². The molecule has 1 aromatic heterocycles. The van der Waals surface area contributed by atoms with Crippen molar-refractivity contribution in [1.29, 1.82) is 0 Å². The van der Waals surface area contributed by atoms with Crippen LogP contribution >= 0.6 is 22.0 Å². The third-order valence-electron chi connectivity index (χ3n) is 2.78. The average Bonchev–Trinajstić information content (AvgIpc) is 2.60. The molecule has 0 spiro atoms. The van der Waals surface area contributed by atoms with Crippen molar-refractivity contribution in [2.24, 2.45) is 0 Å². The van der Waals surface area contributed by atoms with Crippen LogP contribution < -0.4 is 0 Å². The summed E-state index contributed by atoms with van der Waals surface area (Å²) in [5.74, 6) is 0.152. The number of amides is 1. The Hall–Kier alpha value is -0.790. The first-order valence-electron chi connectivity index (χ1n) is 6.08. The molecule has 2 heterocycles. The van der Waals surface area contributed by atoms with Gasteiger partial charge < -0.3 is 9.64 Å². The Bertz CT molecular complexity index is 612. The van der Waals surface area contributed by atoms with Crippen LogP contribution in [0.25, 0.3) is 0 Å². The Morgan fingerprint density at radius 3 is 2.45 bits per heavy atom. The molecule has 0 aromatic carbocycles. The van der Waals surface area contributed by atoms with Gasteiger partial charge in [-0.05, 0) is 32.9 Å². The molecule has 112 valence electrons. The second-order valence-electron chi connectivity index (χ2n) is 5.68. The van der Waals surface area contributed by atoms with Crippen molar-refractivity contribution in [3.63, 3.8) is 0 Å². The van der Waals surface area contributed by atoms with Gasteiger partial charge in [-0.1, -0.05) is 0 Å². The largest absolute Gasteiger partial charge is 0.444 e. The Morgan fingerprint density at radius 2 is 2.00 bits per heavy atom. The monoisotopic (exact) mass is 337 g/mol. The van der Waals surface area contributed by atoms with Crippen molar-refractivity contribution in [2.75, 3.05) is 13.1 Å². The second-order valence-corrected chi connectivity index (χ2v) is 9.59. The number of carbonyl (C=O) groups is 1. The van der Waals surface area contributed by atoms with Gasteiger partial charge >= 0.3 is 6.09 Å². The zero-order chi connectivity index (χ0) is 15.1. The first kappa shape index (κ1) is 15.6. The van der Waals surface area contributed by atoms with Gasteiger partial charge in [-0.3, -0.25) is 0 Å². The number of hydrogen-bond acceptors (Lipinski definition) is 5. The minimum Gasteiger partial charge on any atom is -0.444 e. The molecule has 8 heteroatoms. The van der Waals surface area contributed by atoms with Crippen LogP contribution in [0.1, 0.15) is 31.6 Å². The molecule has 1 saturated heterocycles. The highest BCUT2D eigenvalue weighted by Gasteiger charge is 2.35. The summed E-state index contributed by atoms with van der Waals surface area (Å²) in [6, 6.07) is 3.25. The van der Waals surface area contributed by atoms with Crippen LogP contribution in [0.4, 0.5) is 4.79 Å². The summed E-state index contributed by atoms with van der Waals surface area (Å²) in [6.45, 7) is 6.53. The molecule has 1 aliphatic heterocycles. The SMILES string of the molecule is CC(C)(C)OC(=O)N1CC(c2ccc(S(=O)(=O)Cl)s2)C1. The van der Waals surface area contributed by atoms with E-state index in [0.717, 1.165) is 16.2 Å². The Balaban J connectivity index is 1.94. The standard InChI is InChI=1S/C12H16ClNO4S2/c1-12(2,3)18-11(15)14-6-8(7-14)9-4-5-10(19-9)20(13,16)17/h4-5,8H,6-7H2,1-3H3. The van der Waals surface area contributed by atoms with E-state index in [9.17, 15) is 13.2 Å². The topological polar surface area (TPSA) is 63.7 Å². The lowest BCUT2D eigenvalue weighted by Crippen LogP contribution is -2.50. The molecule has 0 radical (unpaired) electrons. The summed E-state index contributed by atoms with van der Waals surface area (Å²) in [7, 11) is 1.62. The Labute approximate surface area is 126 Å². The van der Waals surface area contributed by atoms with Gasteiger partial charge in [-0.15, -0.1) is 11.3 Å². The van der Waals surface area contributed by atoms with Crippen molar-refractivity contribution in [2.45, 2.75) is 36.5 Å². The number of nitrogens with zero attached hydrogens (tertiary/aromatic N) is 1. The summed E-state index contributed by atoms with van der Waals surface area (Å²) in [5.41, 5.74) is -0.509. The normalized spacial score (nSPS) is 16.9. The third kappa shape index (κ3) is 3.65. The third-order valence-corrected chi connectivity index (χ3v) is 6.12. The molecule has 0 N–H and O–H groups in total. The number of thiophene rings is 1. The lowest BCUT2D eigenvalue weighted by molar-refractivity contribution is 0.00846. The summed E-state index contributed by atoms with van der Waals surface area (Å²) in [5, 5.41) is 0. The van der Waals surface area contributed by atoms with Crippen molar-refractivity contribution in [3.8, 4) is 0 Å². The molecule has 0 bridgehead atoms. The maximum absolute atomic E-state index is 11.8. The molecular formula is C12H16ClNO4S2. The van der Waals surface area contributed by atoms with Crippen molar-refractivity contribution < 1.29 is 17.9 Å². The fourth-order valence-corrected chi connectivity index (χ4v) is 3.99. The lowest BCUT2D eigenvalue weighted by Gasteiger charge is -2.39. The smallest absolute Gasteiger partial charge is 0.410 e. The molecule has 0 aliphatic carbocycles. The van der Waals surface area contributed by atoms with Gasteiger partial charge in [0, 0.05) is 34.6 Å².